The predicted molar refractivity (Wildman–Crippen MR) is 94.8 cm³/mol. The minimum Gasteiger partial charge on any atom is -0.323 e. The van der Waals surface area contributed by atoms with Gasteiger partial charge in [0, 0.05) is 18.1 Å². The first-order valence-electron chi connectivity index (χ1n) is 7.37. The van der Waals surface area contributed by atoms with Gasteiger partial charge in [-0.3, -0.25) is 9.48 Å². The number of anilines is 1. The van der Waals surface area contributed by atoms with Crippen LogP contribution < -0.4 is 5.32 Å². The summed E-state index contributed by atoms with van der Waals surface area (Å²) < 4.78 is 39.6. The number of aryl methyl sites for hydroxylation is 1. The third-order valence-electron chi connectivity index (χ3n) is 3.49. The topological polar surface area (TPSA) is 46.9 Å². The maximum atomic E-state index is 12.7. The van der Waals surface area contributed by atoms with E-state index in [2.05, 4.69) is 28.8 Å². The summed E-state index contributed by atoms with van der Waals surface area (Å²) in [5, 5.41) is 7.63. The highest BCUT2D eigenvalue weighted by Crippen LogP contribution is 2.34. The average Bonchev–Trinajstić information content (AvgIpc) is 3.18. The van der Waals surface area contributed by atoms with Crippen molar-refractivity contribution in [2.24, 2.45) is 7.05 Å². The summed E-state index contributed by atoms with van der Waals surface area (Å²) in [5.41, 5.74) is 1.75. The van der Waals surface area contributed by atoms with Gasteiger partial charge in [0.1, 0.15) is 10.6 Å². The second kappa shape index (κ2) is 6.69. The number of hydrogen-bond acceptors (Lipinski definition) is 3. The molecule has 26 heavy (non-hydrogen) atoms. The second-order valence-electron chi connectivity index (χ2n) is 5.31. The lowest BCUT2D eigenvalue weighted by Gasteiger charge is -2.02. The van der Waals surface area contributed by atoms with E-state index in [1.165, 1.54) is 6.07 Å². The van der Waals surface area contributed by atoms with E-state index < -0.39 is 11.1 Å². The zero-order valence-corrected chi connectivity index (χ0v) is 14.3. The number of carbonyl (C=O) groups excluding carboxylic acids is 1. The second-order valence-corrected chi connectivity index (χ2v) is 6.39. The van der Waals surface area contributed by atoms with Gasteiger partial charge in [0.25, 0.3) is 0 Å². The Bertz CT molecular complexity index is 1070. The third-order valence-corrected chi connectivity index (χ3v) is 4.54. The zero-order valence-electron chi connectivity index (χ0n) is 13.5. The van der Waals surface area contributed by atoms with Gasteiger partial charge < -0.3 is 5.32 Å². The van der Waals surface area contributed by atoms with Gasteiger partial charge in [-0.05, 0) is 48.2 Å². The Balaban J connectivity index is 1.98. The molecule has 0 radical (unpaired) electrons. The van der Waals surface area contributed by atoms with Crippen LogP contribution in [0.15, 0.2) is 43.0 Å². The number of alkyl halides is 3. The quantitative estimate of drug-likeness (QED) is 0.540. The van der Waals surface area contributed by atoms with E-state index in [4.69, 9.17) is 0 Å². The van der Waals surface area contributed by atoms with Crippen molar-refractivity contribution in [2.75, 3.05) is 5.32 Å². The van der Waals surface area contributed by atoms with E-state index in [1.54, 1.807) is 29.9 Å². The molecule has 3 aromatic rings. The van der Waals surface area contributed by atoms with Gasteiger partial charge in [-0.15, -0.1) is 11.3 Å². The molecule has 0 atom stereocenters. The Kier molecular flexibility index (Phi) is 4.57. The molecule has 8 heteroatoms. The third kappa shape index (κ3) is 3.63. The smallest absolute Gasteiger partial charge is 0.323 e. The van der Waals surface area contributed by atoms with Crippen LogP contribution in [0.1, 0.15) is 15.4 Å². The summed E-state index contributed by atoms with van der Waals surface area (Å²) in [6.45, 7) is 3.39. The summed E-state index contributed by atoms with van der Waals surface area (Å²) in [6, 6.07) is 7.55. The summed E-state index contributed by atoms with van der Waals surface area (Å²) in [7, 11) is 1.74. The lowest BCUT2D eigenvalue weighted by atomic mass is 10.2. The molecule has 0 bridgehead atoms. The molecule has 0 spiro atoms. The molecule has 0 saturated heterocycles. The molecule has 0 aliphatic rings. The fourth-order valence-electron chi connectivity index (χ4n) is 2.31. The molecule has 3 rings (SSSR count). The van der Waals surface area contributed by atoms with Crippen LogP contribution >= 0.6 is 11.3 Å². The van der Waals surface area contributed by atoms with E-state index in [-0.39, 0.29) is 5.91 Å². The van der Waals surface area contributed by atoms with Crippen molar-refractivity contribution in [2.45, 2.75) is 6.18 Å². The number of carbonyl (C=O) groups is 1. The van der Waals surface area contributed by atoms with Crippen molar-refractivity contribution >= 4 is 33.8 Å². The summed E-state index contributed by atoms with van der Waals surface area (Å²) in [5.74, 6) is 5.18. The number of thiophene rings is 1. The first-order valence-corrected chi connectivity index (χ1v) is 8.19. The average molecular weight is 375 g/mol. The van der Waals surface area contributed by atoms with Crippen molar-refractivity contribution < 1.29 is 18.0 Å². The highest BCUT2D eigenvalue weighted by atomic mass is 32.1. The van der Waals surface area contributed by atoms with Crippen LogP contribution in [0, 0.1) is 11.8 Å². The Morgan fingerprint density at radius 3 is 2.73 bits per heavy atom. The highest BCUT2D eigenvalue weighted by molar-refractivity contribution is 7.12. The maximum Gasteiger partial charge on any atom is 0.425 e. The van der Waals surface area contributed by atoms with Crippen molar-refractivity contribution in [3.05, 3.63) is 58.4 Å². The van der Waals surface area contributed by atoms with Crippen LogP contribution in [-0.4, -0.2) is 15.7 Å². The standard InChI is InChI=1S/C18H12F3N3OS/c1-3-17(25)22-11-4-8-15-13(10-11)14(23-24(15)2)7-5-12-6-9-16(26-12)18(19,20)21/h3-4,6,8-10H,1H2,2H3,(H,22,25). The summed E-state index contributed by atoms with van der Waals surface area (Å²) in [6.07, 6.45) is -3.22. The maximum absolute atomic E-state index is 12.7. The Labute approximate surface area is 150 Å². The number of nitrogens with one attached hydrogen (secondary N) is 1. The van der Waals surface area contributed by atoms with Gasteiger partial charge in [-0.25, -0.2) is 0 Å². The van der Waals surface area contributed by atoms with Gasteiger partial charge >= 0.3 is 6.18 Å². The number of rotatable bonds is 2. The summed E-state index contributed by atoms with van der Waals surface area (Å²) >= 11 is 0.585. The summed E-state index contributed by atoms with van der Waals surface area (Å²) in [4.78, 5) is 11.0. The van der Waals surface area contributed by atoms with E-state index >= 15 is 0 Å². The zero-order chi connectivity index (χ0) is 18.9. The normalized spacial score (nSPS) is 11.1. The number of hydrogen-bond donors (Lipinski definition) is 1. The van der Waals surface area contributed by atoms with Crippen LogP contribution in [0.3, 0.4) is 0 Å². The fourth-order valence-corrected chi connectivity index (χ4v) is 3.03. The molecule has 2 heterocycles. The van der Waals surface area contributed by atoms with Gasteiger partial charge in [0.05, 0.1) is 10.4 Å². The lowest BCUT2D eigenvalue weighted by molar-refractivity contribution is -0.134. The van der Waals surface area contributed by atoms with Gasteiger partial charge in [-0.1, -0.05) is 6.58 Å². The van der Waals surface area contributed by atoms with Gasteiger partial charge in [-0.2, -0.15) is 18.3 Å². The number of benzene rings is 1. The number of fused-ring (bicyclic) bond motifs is 1. The van der Waals surface area contributed by atoms with Crippen LogP contribution in [0.4, 0.5) is 18.9 Å². The SMILES string of the molecule is C=CC(=O)Nc1ccc2c(c1)c(C#Cc1ccc(C(F)(F)F)s1)nn2C. The number of aromatic nitrogens is 2. The first kappa shape index (κ1) is 17.8. The lowest BCUT2D eigenvalue weighted by Crippen LogP contribution is -2.06. The molecule has 1 aromatic carbocycles. The molecule has 0 aliphatic heterocycles. The van der Waals surface area contributed by atoms with Crippen LogP contribution in [-0.2, 0) is 18.0 Å². The Morgan fingerprint density at radius 1 is 1.31 bits per heavy atom. The molecule has 0 aliphatic carbocycles. The molecule has 1 N–H and O–H groups in total. The van der Waals surface area contributed by atoms with Gasteiger partial charge in [0.2, 0.25) is 5.91 Å². The number of nitrogens with zero attached hydrogens (tertiary/aromatic N) is 2. The van der Waals surface area contributed by atoms with Gasteiger partial charge in [0.15, 0.2) is 0 Å². The van der Waals surface area contributed by atoms with Crippen LogP contribution in [0.25, 0.3) is 10.9 Å². The van der Waals surface area contributed by atoms with E-state index in [0.717, 1.165) is 17.7 Å². The first-order chi connectivity index (χ1) is 12.3. The van der Waals surface area contributed by atoms with E-state index in [0.29, 0.717) is 33.0 Å². The van der Waals surface area contributed by atoms with Crippen LogP contribution in [0.2, 0.25) is 0 Å². The molecule has 132 valence electrons. The molecule has 0 saturated carbocycles. The van der Waals surface area contributed by atoms with Crippen molar-refractivity contribution in [3.8, 4) is 11.8 Å². The van der Waals surface area contributed by atoms with Crippen molar-refractivity contribution in [1.29, 1.82) is 0 Å². The van der Waals surface area contributed by atoms with E-state index in [1.807, 2.05) is 0 Å². The van der Waals surface area contributed by atoms with Crippen LogP contribution in [0.5, 0.6) is 0 Å². The largest absolute Gasteiger partial charge is 0.425 e. The molecule has 0 fully saturated rings. The number of amides is 1. The minimum atomic E-state index is -4.37. The van der Waals surface area contributed by atoms with Crippen molar-refractivity contribution in [1.82, 2.24) is 9.78 Å². The molecule has 4 nitrogen and oxygen atoms in total. The molecular weight excluding hydrogens is 363 g/mol. The predicted octanol–water partition coefficient (Wildman–Crippen LogP) is 4.18. The monoisotopic (exact) mass is 375 g/mol. The van der Waals surface area contributed by atoms with Crippen molar-refractivity contribution in [3.63, 3.8) is 0 Å². The fraction of sp³-hybridized carbons (Fsp3) is 0.111. The molecular formula is C18H12F3N3OS. The Hall–Kier alpha value is -3.05. The number of halogens is 3. The molecule has 1 amide bonds. The minimum absolute atomic E-state index is 0.298. The highest BCUT2D eigenvalue weighted by Gasteiger charge is 2.32. The molecule has 2 aromatic heterocycles. The van der Waals surface area contributed by atoms with E-state index in [9.17, 15) is 18.0 Å². The Morgan fingerprint density at radius 2 is 2.08 bits per heavy atom. The molecule has 0 unspecified atom stereocenters.